The van der Waals surface area contributed by atoms with Crippen molar-refractivity contribution in [1.82, 2.24) is 20.3 Å². The second-order valence-electron chi connectivity index (χ2n) is 6.70. The van der Waals surface area contributed by atoms with Crippen LogP contribution in [0, 0.1) is 11.3 Å². The summed E-state index contributed by atoms with van der Waals surface area (Å²) in [6, 6.07) is 10.1. The van der Waals surface area contributed by atoms with E-state index in [4.69, 9.17) is 9.72 Å². The fourth-order valence-electron chi connectivity index (χ4n) is 3.35. The number of aryl methyl sites for hydroxylation is 1. The number of hydrogen-bond donors (Lipinski definition) is 2. The summed E-state index contributed by atoms with van der Waals surface area (Å²) in [5.74, 6) is 0.674. The average Bonchev–Trinajstić information content (AvgIpc) is 2.77. The number of fused-ring (bicyclic) bond motifs is 1. The highest BCUT2D eigenvalue weighted by Crippen LogP contribution is 2.27. The van der Waals surface area contributed by atoms with Crippen molar-refractivity contribution in [3.05, 3.63) is 47.8 Å². The molecule has 1 aromatic carbocycles. The molecule has 1 aliphatic rings. The van der Waals surface area contributed by atoms with Gasteiger partial charge in [0.15, 0.2) is 5.82 Å². The molecule has 0 bridgehead atoms. The van der Waals surface area contributed by atoms with Crippen molar-refractivity contribution >= 4 is 16.9 Å². The lowest BCUT2D eigenvalue weighted by atomic mass is 10.0. The molecule has 28 heavy (non-hydrogen) atoms. The van der Waals surface area contributed by atoms with Gasteiger partial charge in [-0.3, -0.25) is 4.98 Å². The van der Waals surface area contributed by atoms with E-state index in [2.05, 4.69) is 26.7 Å². The molecule has 0 saturated carbocycles. The number of ether oxygens (including phenoxy) is 1. The molecule has 3 aromatic rings. The van der Waals surface area contributed by atoms with E-state index in [0.717, 1.165) is 47.4 Å². The van der Waals surface area contributed by atoms with Crippen molar-refractivity contribution in [3.8, 4) is 17.3 Å². The van der Waals surface area contributed by atoms with Gasteiger partial charge in [0, 0.05) is 37.6 Å². The van der Waals surface area contributed by atoms with E-state index in [1.165, 1.54) is 0 Å². The lowest BCUT2D eigenvalue weighted by Crippen LogP contribution is -2.42. The summed E-state index contributed by atoms with van der Waals surface area (Å²) >= 11 is 0. The molecule has 0 amide bonds. The highest BCUT2D eigenvalue weighted by atomic mass is 16.5. The van der Waals surface area contributed by atoms with E-state index < -0.39 is 0 Å². The van der Waals surface area contributed by atoms with Gasteiger partial charge in [0.25, 0.3) is 0 Å². The zero-order valence-electron chi connectivity index (χ0n) is 15.8. The van der Waals surface area contributed by atoms with Crippen molar-refractivity contribution < 1.29 is 4.74 Å². The van der Waals surface area contributed by atoms with Crippen LogP contribution >= 0.6 is 0 Å². The number of benzene rings is 1. The van der Waals surface area contributed by atoms with Crippen molar-refractivity contribution in [2.45, 2.75) is 19.4 Å². The molecule has 1 aliphatic heterocycles. The van der Waals surface area contributed by atoms with Gasteiger partial charge in [-0.1, -0.05) is 19.1 Å². The van der Waals surface area contributed by atoms with Gasteiger partial charge in [-0.2, -0.15) is 5.26 Å². The molecule has 2 N–H and O–H groups in total. The number of pyridine rings is 1. The highest BCUT2D eigenvalue weighted by molar-refractivity contribution is 5.88. The molecular weight excluding hydrogens is 352 g/mol. The molecular formula is C21H22N6O. The van der Waals surface area contributed by atoms with E-state index >= 15 is 0 Å². The molecule has 4 rings (SSSR count). The number of aromatic nitrogens is 3. The molecule has 7 heteroatoms. The van der Waals surface area contributed by atoms with E-state index in [-0.39, 0.29) is 6.10 Å². The molecule has 0 unspecified atom stereocenters. The van der Waals surface area contributed by atoms with E-state index in [9.17, 15) is 5.26 Å². The van der Waals surface area contributed by atoms with Gasteiger partial charge in [0.1, 0.15) is 5.52 Å². The molecule has 1 atom stereocenters. The van der Waals surface area contributed by atoms with Crippen LogP contribution in [0.2, 0.25) is 0 Å². The second kappa shape index (κ2) is 8.30. The minimum atomic E-state index is 0.0833. The van der Waals surface area contributed by atoms with Crippen molar-refractivity contribution in [2.75, 3.05) is 31.6 Å². The number of nitrogens with zero attached hydrogens (tertiary/aromatic N) is 4. The average molecular weight is 374 g/mol. The SMILES string of the molecule is CCc1ccc(-c2cc3nccnc3c(NC[C@@H]3CNCCO3)n2)cc1C#N. The Morgan fingerprint density at radius 2 is 2.18 bits per heavy atom. The third-order valence-electron chi connectivity index (χ3n) is 4.87. The Hall–Kier alpha value is -3.08. The maximum absolute atomic E-state index is 9.45. The molecule has 0 aliphatic carbocycles. The van der Waals surface area contributed by atoms with Crippen molar-refractivity contribution in [1.29, 1.82) is 5.26 Å². The van der Waals surface area contributed by atoms with E-state index in [1.807, 2.05) is 31.2 Å². The number of rotatable bonds is 5. The lowest BCUT2D eigenvalue weighted by molar-refractivity contribution is 0.0372. The van der Waals surface area contributed by atoms with Gasteiger partial charge in [0.2, 0.25) is 0 Å². The van der Waals surface area contributed by atoms with E-state index in [0.29, 0.717) is 24.5 Å². The van der Waals surface area contributed by atoms with Crippen LogP contribution < -0.4 is 10.6 Å². The van der Waals surface area contributed by atoms with Gasteiger partial charge >= 0.3 is 0 Å². The Morgan fingerprint density at radius 3 is 2.96 bits per heavy atom. The van der Waals surface area contributed by atoms with Crippen LogP contribution in [0.3, 0.4) is 0 Å². The van der Waals surface area contributed by atoms with Crippen LogP contribution in [0.4, 0.5) is 5.82 Å². The predicted molar refractivity (Wildman–Crippen MR) is 108 cm³/mol. The number of nitrogens with one attached hydrogen (secondary N) is 2. The first-order chi connectivity index (χ1) is 13.8. The zero-order chi connectivity index (χ0) is 19.3. The smallest absolute Gasteiger partial charge is 0.154 e. The summed E-state index contributed by atoms with van der Waals surface area (Å²) < 4.78 is 5.76. The molecule has 1 fully saturated rings. The lowest BCUT2D eigenvalue weighted by Gasteiger charge is -2.24. The summed E-state index contributed by atoms with van der Waals surface area (Å²) in [5, 5.41) is 16.2. The van der Waals surface area contributed by atoms with Crippen LogP contribution in [-0.4, -0.2) is 47.3 Å². The molecule has 0 spiro atoms. The summed E-state index contributed by atoms with van der Waals surface area (Å²) in [6.07, 6.45) is 4.24. The van der Waals surface area contributed by atoms with E-state index in [1.54, 1.807) is 12.4 Å². The highest BCUT2D eigenvalue weighted by Gasteiger charge is 2.16. The first-order valence-corrected chi connectivity index (χ1v) is 9.50. The summed E-state index contributed by atoms with van der Waals surface area (Å²) in [6.45, 7) is 5.08. The standard InChI is InChI=1S/C21H22N6O/c1-2-14-3-4-15(9-16(14)11-22)18-10-19-20(25-6-5-24-19)21(27-18)26-13-17-12-23-7-8-28-17/h3-6,9-10,17,23H,2,7-8,12-13H2,1H3,(H,26,27)/t17-/m0/s1. The summed E-state index contributed by atoms with van der Waals surface area (Å²) in [7, 11) is 0. The number of nitriles is 1. The first kappa shape index (κ1) is 18.3. The van der Waals surface area contributed by atoms with Crippen molar-refractivity contribution in [2.24, 2.45) is 0 Å². The molecule has 2 aromatic heterocycles. The molecule has 0 radical (unpaired) electrons. The molecule has 1 saturated heterocycles. The Labute approximate surface area is 163 Å². The van der Waals surface area contributed by atoms with Crippen LogP contribution in [0.5, 0.6) is 0 Å². The Morgan fingerprint density at radius 1 is 1.29 bits per heavy atom. The third kappa shape index (κ3) is 3.79. The fourth-order valence-corrected chi connectivity index (χ4v) is 3.35. The van der Waals surface area contributed by atoms with Gasteiger partial charge in [-0.15, -0.1) is 0 Å². The minimum Gasteiger partial charge on any atom is -0.374 e. The second-order valence-corrected chi connectivity index (χ2v) is 6.70. The predicted octanol–water partition coefficient (Wildman–Crippen LogP) is 2.53. The fraction of sp³-hybridized carbons (Fsp3) is 0.333. The first-order valence-electron chi connectivity index (χ1n) is 9.50. The zero-order valence-corrected chi connectivity index (χ0v) is 15.8. The van der Waals surface area contributed by atoms with Crippen LogP contribution in [-0.2, 0) is 11.2 Å². The van der Waals surface area contributed by atoms with Gasteiger partial charge in [-0.25, -0.2) is 9.97 Å². The third-order valence-corrected chi connectivity index (χ3v) is 4.87. The maximum Gasteiger partial charge on any atom is 0.154 e. The van der Waals surface area contributed by atoms with Gasteiger partial charge < -0.3 is 15.4 Å². The van der Waals surface area contributed by atoms with Crippen molar-refractivity contribution in [3.63, 3.8) is 0 Å². The summed E-state index contributed by atoms with van der Waals surface area (Å²) in [5.41, 5.74) is 4.85. The van der Waals surface area contributed by atoms with Gasteiger partial charge in [0.05, 0.1) is 35.6 Å². The quantitative estimate of drug-likeness (QED) is 0.708. The molecule has 142 valence electrons. The Bertz CT molecular complexity index is 1020. The number of morpholine rings is 1. The monoisotopic (exact) mass is 374 g/mol. The van der Waals surface area contributed by atoms with Crippen LogP contribution in [0.15, 0.2) is 36.7 Å². The largest absolute Gasteiger partial charge is 0.374 e. The maximum atomic E-state index is 9.45. The number of anilines is 1. The van der Waals surface area contributed by atoms with Crippen LogP contribution in [0.25, 0.3) is 22.3 Å². The molecule has 7 nitrogen and oxygen atoms in total. The summed E-state index contributed by atoms with van der Waals surface area (Å²) in [4.78, 5) is 13.7. The Kier molecular flexibility index (Phi) is 5.42. The normalized spacial score (nSPS) is 16.6. The molecule has 3 heterocycles. The number of hydrogen-bond acceptors (Lipinski definition) is 7. The van der Waals surface area contributed by atoms with Gasteiger partial charge in [-0.05, 0) is 24.1 Å². The van der Waals surface area contributed by atoms with Crippen LogP contribution in [0.1, 0.15) is 18.1 Å². The minimum absolute atomic E-state index is 0.0833. The Balaban J connectivity index is 1.70. The topological polar surface area (TPSA) is 95.8 Å².